The van der Waals surface area contributed by atoms with Crippen molar-refractivity contribution in [2.75, 3.05) is 9.80 Å². The molecule has 86 heavy (non-hydrogen) atoms. The Labute approximate surface area is 507 Å². The highest BCUT2D eigenvalue weighted by atomic mass is 15.2. The van der Waals surface area contributed by atoms with Gasteiger partial charge in [0.15, 0.2) is 0 Å². The highest BCUT2D eigenvalue weighted by Gasteiger charge is 2.45. The molecule has 0 radical (unpaired) electrons. The van der Waals surface area contributed by atoms with Gasteiger partial charge in [0.05, 0.1) is 0 Å². The van der Waals surface area contributed by atoms with Crippen LogP contribution in [0.4, 0.5) is 34.1 Å². The van der Waals surface area contributed by atoms with Gasteiger partial charge in [0.2, 0.25) is 0 Å². The van der Waals surface area contributed by atoms with E-state index in [4.69, 9.17) is 0 Å². The van der Waals surface area contributed by atoms with Crippen molar-refractivity contribution in [1.29, 1.82) is 0 Å². The zero-order chi connectivity index (χ0) is 58.3. The summed E-state index contributed by atoms with van der Waals surface area (Å²) in [6.07, 6.45) is 0. The van der Waals surface area contributed by atoms with Gasteiger partial charge in [0.1, 0.15) is 0 Å². The highest BCUT2D eigenvalue weighted by Crippen LogP contribution is 2.50. The Bertz CT molecular complexity index is 4480. The van der Waals surface area contributed by atoms with Crippen molar-refractivity contribution in [3.05, 3.63) is 331 Å². The van der Waals surface area contributed by atoms with E-state index in [-0.39, 0.29) is 23.0 Å². The van der Waals surface area contributed by atoms with Gasteiger partial charge in [-0.25, -0.2) is 0 Å². The second kappa shape index (κ2) is 20.7. The SMILES string of the molecule is CC(C)(c1ccccc1)c1cc(-c2cc3c4c(c2)N(c2ccccc2)c2ccc(C(C)(C)c5ccccc5)cc2B4c2cc(C(C)(C)c4ccccc4)ccc2N3c2ccccc2)cc(-c2c3ccccc3c(-c3ccccc3)c3ccccc23)c1. The summed E-state index contributed by atoms with van der Waals surface area (Å²) < 4.78 is 0. The van der Waals surface area contributed by atoms with Crippen molar-refractivity contribution < 1.29 is 0 Å². The molecule has 2 heterocycles. The van der Waals surface area contributed by atoms with E-state index in [0.717, 1.165) is 22.5 Å². The molecule has 412 valence electrons. The number of hydrogen-bond acceptors (Lipinski definition) is 2. The van der Waals surface area contributed by atoms with Crippen LogP contribution in [0.25, 0.3) is 54.9 Å². The van der Waals surface area contributed by atoms with Gasteiger partial charge >= 0.3 is 0 Å². The topological polar surface area (TPSA) is 6.48 Å². The van der Waals surface area contributed by atoms with E-state index in [1.807, 2.05) is 0 Å². The van der Waals surface area contributed by atoms with Crippen LogP contribution in [0.5, 0.6) is 0 Å². The van der Waals surface area contributed by atoms with E-state index in [1.165, 1.54) is 116 Å². The first-order valence-electron chi connectivity index (χ1n) is 30.4. The minimum atomic E-state index is -0.365. The van der Waals surface area contributed by atoms with E-state index >= 15 is 0 Å². The van der Waals surface area contributed by atoms with Gasteiger partial charge < -0.3 is 9.80 Å². The van der Waals surface area contributed by atoms with Crippen LogP contribution in [0.15, 0.2) is 297 Å². The monoisotopic (exact) mass is 1100 g/mol. The summed E-state index contributed by atoms with van der Waals surface area (Å²) in [4.78, 5) is 5.14. The van der Waals surface area contributed by atoms with Gasteiger partial charge in [-0.3, -0.25) is 0 Å². The Kier molecular flexibility index (Phi) is 12.7. The largest absolute Gasteiger partial charge is 0.311 e. The molecule has 0 saturated heterocycles. The average molecular weight is 1100 g/mol. The first kappa shape index (κ1) is 52.8. The maximum Gasteiger partial charge on any atom is 0.252 e. The average Bonchev–Trinajstić information content (AvgIpc) is 0.736. The molecule has 0 bridgehead atoms. The molecule has 15 rings (SSSR count). The lowest BCUT2D eigenvalue weighted by Crippen LogP contribution is -2.61. The van der Waals surface area contributed by atoms with Gasteiger partial charge in [0, 0.05) is 50.4 Å². The molecule has 0 spiro atoms. The number of fused-ring (bicyclic) bond motifs is 6. The lowest BCUT2D eigenvalue weighted by molar-refractivity contribution is 0.641. The third-order valence-corrected chi connectivity index (χ3v) is 19.3. The molecule has 2 aliphatic heterocycles. The van der Waals surface area contributed by atoms with Crippen LogP contribution in [0, 0.1) is 0 Å². The lowest BCUT2D eigenvalue weighted by Gasteiger charge is -2.45. The predicted molar refractivity (Wildman–Crippen MR) is 367 cm³/mol. The van der Waals surface area contributed by atoms with Crippen molar-refractivity contribution in [2.24, 2.45) is 0 Å². The molecular formula is C83H67BN2. The third kappa shape index (κ3) is 8.62. The van der Waals surface area contributed by atoms with Crippen LogP contribution in [0.3, 0.4) is 0 Å². The van der Waals surface area contributed by atoms with Gasteiger partial charge in [-0.15, -0.1) is 0 Å². The fourth-order valence-corrected chi connectivity index (χ4v) is 14.4. The smallest absolute Gasteiger partial charge is 0.252 e. The Morgan fingerprint density at radius 2 is 0.570 bits per heavy atom. The fourth-order valence-electron chi connectivity index (χ4n) is 14.4. The Balaban J connectivity index is 1.05. The minimum absolute atomic E-state index is 0.114. The summed E-state index contributed by atoms with van der Waals surface area (Å²) in [5.41, 5.74) is 24.8. The Morgan fingerprint density at radius 1 is 0.244 bits per heavy atom. The van der Waals surface area contributed by atoms with Gasteiger partial charge in [-0.05, 0) is 159 Å². The summed E-state index contributed by atoms with van der Waals surface area (Å²) in [6.45, 7) is 14.2. The molecule has 0 N–H and O–H groups in total. The fraction of sp³-hybridized carbons (Fsp3) is 0.108. The maximum absolute atomic E-state index is 2.57. The maximum atomic E-state index is 2.57. The molecule has 0 unspecified atom stereocenters. The van der Waals surface area contributed by atoms with Gasteiger partial charge in [-0.1, -0.05) is 284 Å². The summed E-state index contributed by atoms with van der Waals surface area (Å²) in [7, 11) is 0. The van der Waals surface area contributed by atoms with Crippen molar-refractivity contribution in [3.8, 4) is 33.4 Å². The quantitative estimate of drug-likeness (QED) is 0.0941. The molecule has 0 fully saturated rings. The molecule has 13 aromatic carbocycles. The zero-order valence-corrected chi connectivity index (χ0v) is 49.8. The summed E-state index contributed by atoms with van der Waals surface area (Å²) >= 11 is 0. The number of nitrogens with zero attached hydrogens (tertiary/aromatic N) is 2. The standard InChI is InChI=1S/C83H67BN2/c1-81(2,60-31-15-8-16-32-60)63-45-47-74-72(54-63)84-73-55-64(82(3,4)61-33-17-9-18-34-61)46-48-75(73)86(67-39-23-12-24-40-67)77-53-58(52-76(80(77)84)85(74)66-37-21-11-22-38-66)57-49-59(51-65(50-57)83(5,6)62-35-19-10-20-36-62)79-70-43-27-25-41-68(70)78(56-29-13-7-14-30-56)69-42-26-28-44-71(69)79/h7-55H,1-6H3. The summed E-state index contributed by atoms with van der Waals surface area (Å²) in [5.74, 6) is 0. The van der Waals surface area contributed by atoms with Crippen LogP contribution >= 0.6 is 0 Å². The normalized spacial score (nSPS) is 12.9. The van der Waals surface area contributed by atoms with E-state index in [2.05, 4.69) is 349 Å². The minimum Gasteiger partial charge on any atom is -0.311 e. The van der Waals surface area contributed by atoms with E-state index in [9.17, 15) is 0 Å². The number of anilines is 6. The molecule has 13 aromatic rings. The van der Waals surface area contributed by atoms with Crippen molar-refractivity contribution in [3.63, 3.8) is 0 Å². The molecule has 0 amide bonds. The number of hydrogen-bond donors (Lipinski definition) is 0. The van der Waals surface area contributed by atoms with Crippen LogP contribution < -0.4 is 26.2 Å². The van der Waals surface area contributed by atoms with Crippen molar-refractivity contribution in [1.82, 2.24) is 0 Å². The van der Waals surface area contributed by atoms with Crippen molar-refractivity contribution >= 4 is 78.8 Å². The van der Waals surface area contributed by atoms with Crippen LogP contribution in [0.1, 0.15) is 74.9 Å². The van der Waals surface area contributed by atoms with Gasteiger partial charge in [-0.2, -0.15) is 0 Å². The molecule has 0 aliphatic carbocycles. The zero-order valence-electron chi connectivity index (χ0n) is 49.8. The van der Waals surface area contributed by atoms with Crippen molar-refractivity contribution in [2.45, 2.75) is 57.8 Å². The van der Waals surface area contributed by atoms with Gasteiger partial charge in [0.25, 0.3) is 6.71 Å². The van der Waals surface area contributed by atoms with Crippen LogP contribution in [0.2, 0.25) is 0 Å². The molecule has 2 nitrogen and oxygen atoms in total. The Morgan fingerprint density at radius 3 is 0.977 bits per heavy atom. The first-order valence-corrected chi connectivity index (χ1v) is 30.4. The Hall–Kier alpha value is -9.96. The predicted octanol–water partition coefficient (Wildman–Crippen LogP) is 20.1. The molecule has 0 atom stereocenters. The van der Waals surface area contributed by atoms with E-state index in [0.29, 0.717) is 0 Å². The molecule has 0 saturated carbocycles. The van der Waals surface area contributed by atoms with E-state index in [1.54, 1.807) is 0 Å². The molecular weight excluding hydrogens is 1040 g/mol. The molecule has 2 aliphatic rings. The second-order valence-electron chi connectivity index (χ2n) is 25.2. The molecule has 0 aromatic heterocycles. The second-order valence-corrected chi connectivity index (χ2v) is 25.2. The number of rotatable bonds is 11. The lowest BCUT2D eigenvalue weighted by atomic mass is 9.33. The highest BCUT2D eigenvalue weighted by molar-refractivity contribution is 7.00. The summed E-state index contributed by atoms with van der Waals surface area (Å²) in [5, 5.41) is 4.95. The van der Waals surface area contributed by atoms with Crippen LogP contribution in [-0.4, -0.2) is 6.71 Å². The van der Waals surface area contributed by atoms with E-state index < -0.39 is 0 Å². The number of para-hydroxylation sites is 2. The first-order chi connectivity index (χ1) is 41.9. The third-order valence-electron chi connectivity index (χ3n) is 19.3. The van der Waals surface area contributed by atoms with Crippen LogP contribution in [-0.2, 0) is 16.2 Å². The molecule has 3 heteroatoms. The summed E-state index contributed by atoms with van der Waals surface area (Å²) in [6, 6.07) is 112. The number of benzene rings is 13.